The number of nitrogens with one attached hydrogen (secondary N) is 1. The highest BCUT2D eigenvalue weighted by molar-refractivity contribution is 6.30. The largest absolute Gasteiger partial charge is 0.378 e. The van der Waals surface area contributed by atoms with E-state index in [1.807, 2.05) is 14.1 Å². The first-order chi connectivity index (χ1) is 10.1. The molecule has 2 rings (SSSR count). The van der Waals surface area contributed by atoms with Gasteiger partial charge in [-0.05, 0) is 48.4 Å². The standard InChI is InChI=1S/C17H19ClN2O/c1-20(2)16-9-3-13(4-10-16)11-12-19-17(21)14-5-7-15(18)8-6-14/h3-10H,11-12H2,1-2H3,(H,19,21). The quantitative estimate of drug-likeness (QED) is 0.918. The molecule has 0 saturated carbocycles. The molecular weight excluding hydrogens is 284 g/mol. The third-order valence-electron chi connectivity index (χ3n) is 3.26. The minimum Gasteiger partial charge on any atom is -0.378 e. The Hall–Kier alpha value is -2.00. The Morgan fingerprint density at radius 1 is 1.05 bits per heavy atom. The van der Waals surface area contributed by atoms with Gasteiger partial charge in [0.15, 0.2) is 0 Å². The van der Waals surface area contributed by atoms with Crippen molar-refractivity contribution in [2.75, 3.05) is 25.5 Å². The van der Waals surface area contributed by atoms with Crippen LogP contribution in [0.25, 0.3) is 0 Å². The Bertz CT molecular complexity index is 591. The van der Waals surface area contributed by atoms with Crippen LogP contribution in [0.3, 0.4) is 0 Å². The molecule has 110 valence electrons. The zero-order chi connectivity index (χ0) is 15.2. The topological polar surface area (TPSA) is 32.3 Å². The lowest BCUT2D eigenvalue weighted by atomic mass is 10.1. The molecule has 0 spiro atoms. The summed E-state index contributed by atoms with van der Waals surface area (Å²) in [5.41, 5.74) is 3.00. The summed E-state index contributed by atoms with van der Waals surface area (Å²) in [5.74, 6) is -0.0726. The highest BCUT2D eigenvalue weighted by Gasteiger charge is 2.04. The van der Waals surface area contributed by atoms with Gasteiger partial charge in [0, 0.05) is 36.9 Å². The summed E-state index contributed by atoms with van der Waals surface area (Å²) in [6.07, 6.45) is 0.813. The summed E-state index contributed by atoms with van der Waals surface area (Å²) in [6.45, 7) is 0.614. The van der Waals surface area contributed by atoms with E-state index in [1.165, 1.54) is 11.3 Å². The van der Waals surface area contributed by atoms with Gasteiger partial charge in [-0.1, -0.05) is 23.7 Å². The van der Waals surface area contributed by atoms with Gasteiger partial charge in [-0.25, -0.2) is 0 Å². The third kappa shape index (κ3) is 4.50. The fourth-order valence-corrected chi connectivity index (χ4v) is 2.11. The smallest absolute Gasteiger partial charge is 0.251 e. The molecule has 0 aliphatic heterocycles. The lowest BCUT2D eigenvalue weighted by molar-refractivity contribution is 0.0954. The van der Waals surface area contributed by atoms with E-state index in [2.05, 4.69) is 34.5 Å². The number of hydrogen-bond acceptors (Lipinski definition) is 2. The second-order valence-corrected chi connectivity index (χ2v) is 5.51. The van der Waals surface area contributed by atoms with Crippen LogP contribution in [0.2, 0.25) is 5.02 Å². The molecule has 0 bridgehead atoms. The van der Waals surface area contributed by atoms with Crippen LogP contribution in [0, 0.1) is 0 Å². The van der Waals surface area contributed by atoms with Crippen LogP contribution in [-0.4, -0.2) is 26.5 Å². The number of rotatable bonds is 5. The van der Waals surface area contributed by atoms with E-state index in [1.54, 1.807) is 24.3 Å². The van der Waals surface area contributed by atoms with E-state index < -0.39 is 0 Å². The molecule has 0 aliphatic rings. The Morgan fingerprint density at radius 2 is 1.67 bits per heavy atom. The van der Waals surface area contributed by atoms with Crippen molar-refractivity contribution >= 4 is 23.2 Å². The molecule has 0 unspecified atom stereocenters. The first-order valence-corrected chi connectivity index (χ1v) is 7.24. The summed E-state index contributed by atoms with van der Waals surface area (Å²) in [4.78, 5) is 14.0. The SMILES string of the molecule is CN(C)c1ccc(CCNC(=O)c2ccc(Cl)cc2)cc1. The van der Waals surface area contributed by atoms with E-state index in [0.29, 0.717) is 17.1 Å². The van der Waals surface area contributed by atoms with Crippen LogP contribution in [-0.2, 0) is 6.42 Å². The lowest BCUT2D eigenvalue weighted by Crippen LogP contribution is -2.25. The number of nitrogens with zero attached hydrogens (tertiary/aromatic N) is 1. The van der Waals surface area contributed by atoms with Gasteiger partial charge in [0.05, 0.1) is 0 Å². The van der Waals surface area contributed by atoms with Crippen LogP contribution in [0.15, 0.2) is 48.5 Å². The highest BCUT2D eigenvalue weighted by Crippen LogP contribution is 2.12. The van der Waals surface area contributed by atoms with Gasteiger partial charge < -0.3 is 10.2 Å². The minimum absolute atomic E-state index is 0.0726. The summed E-state index contributed by atoms with van der Waals surface area (Å²) < 4.78 is 0. The first kappa shape index (κ1) is 15.4. The summed E-state index contributed by atoms with van der Waals surface area (Å²) in [6, 6.07) is 15.2. The Kier molecular flexibility index (Phi) is 5.23. The van der Waals surface area contributed by atoms with Gasteiger partial charge in [-0.15, -0.1) is 0 Å². The molecular formula is C17H19ClN2O. The Balaban J connectivity index is 1.83. The number of anilines is 1. The van der Waals surface area contributed by atoms with E-state index in [4.69, 9.17) is 11.6 Å². The maximum absolute atomic E-state index is 11.9. The van der Waals surface area contributed by atoms with Crippen molar-refractivity contribution in [2.45, 2.75) is 6.42 Å². The molecule has 0 fully saturated rings. The molecule has 0 aliphatic carbocycles. The predicted molar refractivity (Wildman–Crippen MR) is 88.3 cm³/mol. The maximum atomic E-state index is 11.9. The Labute approximate surface area is 130 Å². The van der Waals surface area contributed by atoms with E-state index >= 15 is 0 Å². The zero-order valence-electron chi connectivity index (χ0n) is 12.3. The molecule has 4 heteroatoms. The Morgan fingerprint density at radius 3 is 2.24 bits per heavy atom. The molecule has 1 amide bonds. The van der Waals surface area contributed by atoms with Crippen molar-refractivity contribution in [3.63, 3.8) is 0 Å². The average molecular weight is 303 g/mol. The summed E-state index contributed by atoms with van der Waals surface area (Å²) in [7, 11) is 4.03. The second-order valence-electron chi connectivity index (χ2n) is 5.07. The molecule has 0 aromatic heterocycles. The van der Waals surface area contributed by atoms with E-state index in [9.17, 15) is 4.79 Å². The summed E-state index contributed by atoms with van der Waals surface area (Å²) in [5, 5.41) is 3.54. The van der Waals surface area contributed by atoms with Crippen LogP contribution < -0.4 is 10.2 Å². The molecule has 0 radical (unpaired) electrons. The van der Waals surface area contributed by atoms with Crippen LogP contribution in [0.5, 0.6) is 0 Å². The van der Waals surface area contributed by atoms with Gasteiger partial charge in [0.25, 0.3) is 5.91 Å². The predicted octanol–water partition coefficient (Wildman–Crippen LogP) is 3.38. The van der Waals surface area contributed by atoms with Crippen molar-refractivity contribution in [2.24, 2.45) is 0 Å². The van der Waals surface area contributed by atoms with Crippen molar-refractivity contribution in [1.29, 1.82) is 0 Å². The molecule has 0 atom stereocenters. The summed E-state index contributed by atoms with van der Waals surface area (Å²) >= 11 is 5.80. The molecule has 0 saturated heterocycles. The molecule has 2 aromatic carbocycles. The number of halogens is 1. The van der Waals surface area contributed by atoms with Crippen molar-refractivity contribution in [1.82, 2.24) is 5.32 Å². The molecule has 2 aromatic rings. The molecule has 1 N–H and O–H groups in total. The minimum atomic E-state index is -0.0726. The van der Waals surface area contributed by atoms with Crippen molar-refractivity contribution in [3.05, 3.63) is 64.7 Å². The van der Waals surface area contributed by atoms with Gasteiger partial charge in [0.2, 0.25) is 0 Å². The molecule has 3 nitrogen and oxygen atoms in total. The maximum Gasteiger partial charge on any atom is 0.251 e. The first-order valence-electron chi connectivity index (χ1n) is 6.86. The fraction of sp³-hybridized carbons (Fsp3) is 0.235. The van der Waals surface area contributed by atoms with Gasteiger partial charge in [0.1, 0.15) is 0 Å². The number of benzene rings is 2. The van der Waals surface area contributed by atoms with Gasteiger partial charge in [-0.3, -0.25) is 4.79 Å². The number of hydrogen-bond donors (Lipinski definition) is 1. The van der Waals surface area contributed by atoms with Crippen LogP contribution >= 0.6 is 11.6 Å². The lowest BCUT2D eigenvalue weighted by Gasteiger charge is -2.12. The zero-order valence-corrected chi connectivity index (χ0v) is 13.0. The van der Waals surface area contributed by atoms with Gasteiger partial charge in [-0.2, -0.15) is 0 Å². The molecule has 0 heterocycles. The van der Waals surface area contributed by atoms with Gasteiger partial charge >= 0.3 is 0 Å². The van der Waals surface area contributed by atoms with Crippen molar-refractivity contribution < 1.29 is 4.79 Å². The van der Waals surface area contributed by atoms with Crippen LogP contribution in [0.4, 0.5) is 5.69 Å². The van der Waals surface area contributed by atoms with E-state index in [0.717, 1.165) is 6.42 Å². The van der Waals surface area contributed by atoms with Crippen molar-refractivity contribution in [3.8, 4) is 0 Å². The second kappa shape index (κ2) is 7.14. The average Bonchev–Trinajstić information content (AvgIpc) is 2.48. The fourth-order valence-electron chi connectivity index (χ4n) is 1.98. The monoisotopic (exact) mass is 302 g/mol. The van der Waals surface area contributed by atoms with E-state index in [-0.39, 0.29) is 5.91 Å². The third-order valence-corrected chi connectivity index (χ3v) is 3.51. The number of amides is 1. The number of carbonyl (C=O) groups excluding carboxylic acids is 1. The van der Waals surface area contributed by atoms with Crippen LogP contribution in [0.1, 0.15) is 15.9 Å². The highest BCUT2D eigenvalue weighted by atomic mass is 35.5. The normalized spacial score (nSPS) is 10.2. The number of carbonyl (C=O) groups is 1. The molecule has 21 heavy (non-hydrogen) atoms.